The second-order valence-corrected chi connectivity index (χ2v) is 7.80. The van der Waals surface area contributed by atoms with Crippen LogP contribution >= 0.6 is 23.2 Å². The van der Waals surface area contributed by atoms with E-state index in [1.807, 2.05) is 17.9 Å². The van der Waals surface area contributed by atoms with Crippen molar-refractivity contribution in [2.45, 2.75) is 32.1 Å². The van der Waals surface area contributed by atoms with Gasteiger partial charge < -0.3 is 4.90 Å². The number of hydrogen-bond acceptors (Lipinski definition) is 4. The SMILES string of the molecule is CCN1C[C@@H](N(Cc2cc(Cl)ccc2C(F)(F)F)c2ccc(C#N)c(Cl)c2)CCO1. The Bertz CT molecular complexity index is 946. The van der Waals surface area contributed by atoms with Crippen LogP contribution in [0.1, 0.15) is 30.0 Å². The molecule has 0 bridgehead atoms. The van der Waals surface area contributed by atoms with E-state index >= 15 is 0 Å². The predicted molar refractivity (Wildman–Crippen MR) is 110 cm³/mol. The highest BCUT2D eigenvalue weighted by molar-refractivity contribution is 6.32. The van der Waals surface area contributed by atoms with Crippen molar-refractivity contribution in [2.24, 2.45) is 0 Å². The summed E-state index contributed by atoms with van der Waals surface area (Å²) in [5.74, 6) is 0. The Morgan fingerprint density at radius 1 is 1.23 bits per heavy atom. The molecular formula is C21H20Cl2F3N3O. The first-order valence-electron chi connectivity index (χ1n) is 9.42. The van der Waals surface area contributed by atoms with Crippen molar-refractivity contribution in [2.75, 3.05) is 24.6 Å². The fraction of sp³-hybridized carbons (Fsp3) is 0.381. The van der Waals surface area contributed by atoms with Crippen molar-refractivity contribution in [1.82, 2.24) is 5.06 Å². The summed E-state index contributed by atoms with van der Waals surface area (Å²) < 4.78 is 40.8. The molecule has 0 unspecified atom stereocenters. The van der Waals surface area contributed by atoms with Gasteiger partial charge in [0.05, 0.1) is 22.8 Å². The van der Waals surface area contributed by atoms with Gasteiger partial charge in [-0.2, -0.15) is 23.5 Å². The highest BCUT2D eigenvalue weighted by atomic mass is 35.5. The normalized spacial score (nSPS) is 17.6. The van der Waals surface area contributed by atoms with Crippen LogP contribution in [-0.4, -0.2) is 30.8 Å². The minimum absolute atomic E-state index is 0.0140. The number of halogens is 5. The van der Waals surface area contributed by atoms with Crippen molar-refractivity contribution in [3.05, 3.63) is 63.1 Å². The minimum Gasteiger partial charge on any atom is -0.363 e. The Labute approximate surface area is 183 Å². The summed E-state index contributed by atoms with van der Waals surface area (Å²) in [7, 11) is 0. The first-order valence-corrected chi connectivity index (χ1v) is 10.2. The summed E-state index contributed by atoms with van der Waals surface area (Å²) >= 11 is 12.2. The molecule has 0 N–H and O–H groups in total. The molecule has 1 aliphatic rings. The topological polar surface area (TPSA) is 39.5 Å². The number of nitrogens with zero attached hydrogens (tertiary/aromatic N) is 3. The van der Waals surface area contributed by atoms with Gasteiger partial charge in [0.2, 0.25) is 0 Å². The second kappa shape index (κ2) is 9.44. The van der Waals surface area contributed by atoms with E-state index in [1.165, 1.54) is 12.1 Å². The summed E-state index contributed by atoms with van der Waals surface area (Å²) in [6.45, 7) is 3.57. The lowest BCUT2D eigenvalue weighted by molar-refractivity contribution is -0.182. The van der Waals surface area contributed by atoms with Gasteiger partial charge in [0.25, 0.3) is 0 Å². The quantitative estimate of drug-likeness (QED) is 0.558. The van der Waals surface area contributed by atoms with Crippen LogP contribution in [0.2, 0.25) is 10.0 Å². The van der Waals surface area contributed by atoms with E-state index in [9.17, 15) is 13.2 Å². The zero-order valence-corrected chi connectivity index (χ0v) is 17.7. The number of nitriles is 1. The van der Waals surface area contributed by atoms with Crippen LogP contribution in [0.25, 0.3) is 0 Å². The average Bonchev–Trinajstić information content (AvgIpc) is 2.71. The van der Waals surface area contributed by atoms with Crippen molar-refractivity contribution in [3.8, 4) is 6.07 Å². The number of rotatable bonds is 5. The molecule has 1 aliphatic heterocycles. The Morgan fingerprint density at radius 2 is 2.00 bits per heavy atom. The summed E-state index contributed by atoms with van der Waals surface area (Å²) in [6.07, 6.45) is -3.87. The molecule has 0 amide bonds. The van der Waals surface area contributed by atoms with E-state index in [1.54, 1.807) is 23.3 Å². The summed E-state index contributed by atoms with van der Waals surface area (Å²) in [5.41, 5.74) is 0.289. The van der Waals surface area contributed by atoms with Gasteiger partial charge in [0.15, 0.2) is 0 Å². The molecule has 0 saturated carbocycles. The molecule has 1 heterocycles. The van der Waals surface area contributed by atoms with Crippen LogP contribution in [0.5, 0.6) is 0 Å². The van der Waals surface area contributed by atoms with E-state index in [0.29, 0.717) is 37.4 Å². The number of alkyl halides is 3. The van der Waals surface area contributed by atoms with Crippen LogP contribution in [0.4, 0.5) is 18.9 Å². The third kappa shape index (κ3) is 5.19. The Morgan fingerprint density at radius 3 is 2.63 bits per heavy atom. The molecule has 0 aromatic heterocycles. The summed E-state index contributed by atoms with van der Waals surface area (Å²) in [5, 5.41) is 11.4. The van der Waals surface area contributed by atoms with Crippen molar-refractivity contribution < 1.29 is 18.0 Å². The number of hydrogen-bond donors (Lipinski definition) is 0. The molecule has 1 fully saturated rings. The van der Waals surface area contributed by atoms with Crippen molar-refractivity contribution in [3.63, 3.8) is 0 Å². The zero-order valence-electron chi connectivity index (χ0n) is 16.2. The molecule has 1 saturated heterocycles. The van der Waals surface area contributed by atoms with Crippen LogP contribution in [0, 0.1) is 11.3 Å². The van der Waals surface area contributed by atoms with E-state index in [2.05, 4.69) is 0 Å². The molecule has 0 radical (unpaired) electrons. The van der Waals surface area contributed by atoms with Crippen molar-refractivity contribution >= 4 is 28.9 Å². The first kappa shape index (κ1) is 22.7. The van der Waals surface area contributed by atoms with Gasteiger partial charge >= 0.3 is 6.18 Å². The zero-order chi connectivity index (χ0) is 21.9. The third-order valence-electron chi connectivity index (χ3n) is 5.05. The molecule has 30 heavy (non-hydrogen) atoms. The van der Waals surface area contributed by atoms with Crippen LogP contribution < -0.4 is 4.90 Å². The summed E-state index contributed by atoms with van der Waals surface area (Å²) in [6, 6.07) is 10.4. The maximum absolute atomic E-state index is 13.6. The molecule has 4 nitrogen and oxygen atoms in total. The van der Waals surface area contributed by atoms with Crippen LogP contribution in [-0.2, 0) is 17.6 Å². The second-order valence-electron chi connectivity index (χ2n) is 6.96. The Kier molecular flexibility index (Phi) is 7.14. The highest BCUT2D eigenvalue weighted by Crippen LogP contribution is 2.36. The first-order chi connectivity index (χ1) is 14.2. The standard InChI is InChI=1S/C21H20Cl2F3N3O/c1-2-28-13-18(7-8-30-28)29(17-5-3-14(11-27)20(23)10-17)12-15-9-16(22)4-6-19(15)21(24,25)26/h3-6,9-10,18H,2,7-8,12-13H2,1H3/t18-/m0/s1. The van der Waals surface area contributed by atoms with Crippen LogP contribution in [0.3, 0.4) is 0 Å². The minimum atomic E-state index is -4.50. The maximum atomic E-state index is 13.6. The summed E-state index contributed by atoms with van der Waals surface area (Å²) in [4.78, 5) is 7.46. The molecule has 0 aliphatic carbocycles. The predicted octanol–water partition coefficient (Wildman–Crippen LogP) is 5.92. The third-order valence-corrected chi connectivity index (χ3v) is 5.60. The number of hydroxylamine groups is 2. The smallest absolute Gasteiger partial charge is 0.363 e. The molecule has 0 spiro atoms. The molecule has 160 valence electrons. The lowest BCUT2D eigenvalue weighted by atomic mass is 10.0. The molecule has 2 aromatic carbocycles. The molecule has 1 atom stereocenters. The average molecular weight is 458 g/mol. The van der Waals surface area contributed by atoms with Gasteiger partial charge in [-0.1, -0.05) is 30.1 Å². The molecule has 3 rings (SSSR count). The van der Waals surface area contributed by atoms with E-state index in [4.69, 9.17) is 33.3 Å². The van der Waals surface area contributed by atoms with E-state index in [-0.39, 0.29) is 28.2 Å². The van der Waals surface area contributed by atoms with Gasteiger partial charge in [0, 0.05) is 36.4 Å². The largest absolute Gasteiger partial charge is 0.416 e. The van der Waals surface area contributed by atoms with Gasteiger partial charge in [-0.3, -0.25) is 4.84 Å². The van der Waals surface area contributed by atoms with Gasteiger partial charge in [-0.25, -0.2) is 0 Å². The van der Waals surface area contributed by atoms with Gasteiger partial charge in [-0.15, -0.1) is 0 Å². The lowest BCUT2D eigenvalue weighted by Gasteiger charge is -2.40. The monoisotopic (exact) mass is 457 g/mol. The number of likely N-dealkylation sites (N-methyl/N-ethyl adjacent to an activating group) is 1. The fourth-order valence-corrected chi connectivity index (χ4v) is 3.94. The van der Waals surface area contributed by atoms with E-state index in [0.717, 1.165) is 6.07 Å². The maximum Gasteiger partial charge on any atom is 0.416 e. The molecular weight excluding hydrogens is 438 g/mol. The number of benzene rings is 2. The Hall–Kier alpha value is -1.98. The lowest BCUT2D eigenvalue weighted by Crippen LogP contribution is -2.48. The highest BCUT2D eigenvalue weighted by Gasteiger charge is 2.35. The van der Waals surface area contributed by atoms with Gasteiger partial charge in [-0.05, 0) is 48.4 Å². The van der Waals surface area contributed by atoms with Gasteiger partial charge in [0.1, 0.15) is 6.07 Å². The fourth-order valence-electron chi connectivity index (χ4n) is 3.53. The van der Waals surface area contributed by atoms with E-state index < -0.39 is 11.7 Å². The van der Waals surface area contributed by atoms with Crippen LogP contribution in [0.15, 0.2) is 36.4 Å². The Balaban J connectivity index is 2.04. The van der Waals surface area contributed by atoms with Crippen molar-refractivity contribution in [1.29, 1.82) is 5.26 Å². The molecule has 9 heteroatoms. The number of anilines is 1. The molecule has 2 aromatic rings.